The van der Waals surface area contributed by atoms with Crippen LogP contribution in [0.3, 0.4) is 0 Å². The molecule has 0 radical (unpaired) electrons. The molecule has 1 fully saturated rings. The molecule has 170 valence electrons. The van der Waals surface area contributed by atoms with Gasteiger partial charge in [0.05, 0.1) is 6.54 Å². The number of imidazole rings is 1. The lowest BCUT2D eigenvalue weighted by molar-refractivity contribution is 0.0996. The summed E-state index contributed by atoms with van der Waals surface area (Å²) in [5.41, 5.74) is 5.35. The highest BCUT2D eigenvalue weighted by molar-refractivity contribution is 6.10. The quantitative estimate of drug-likeness (QED) is 0.420. The highest BCUT2D eigenvalue weighted by Gasteiger charge is 2.31. The van der Waals surface area contributed by atoms with E-state index in [2.05, 4.69) is 36.2 Å². The van der Waals surface area contributed by atoms with Crippen molar-refractivity contribution in [2.75, 3.05) is 4.90 Å². The SMILES string of the molecule is O=C1c2cc(-c3ccc(-c4nn[nH]n4)cc3)ccc2CN1c1cccc(-c2nccn2C2CC2)n1. The fourth-order valence-electron chi connectivity index (χ4n) is 4.62. The van der Waals surface area contributed by atoms with E-state index < -0.39 is 0 Å². The monoisotopic (exact) mass is 460 g/mol. The Kier molecular flexibility index (Phi) is 4.35. The summed E-state index contributed by atoms with van der Waals surface area (Å²) in [4.78, 5) is 24.5. The van der Waals surface area contributed by atoms with Crippen LogP contribution in [-0.4, -0.2) is 41.1 Å². The van der Waals surface area contributed by atoms with Gasteiger partial charge in [0.15, 0.2) is 5.82 Å². The summed E-state index contributed by atoms with van der Waals surface area (Å²) < 4.78 is 2.18. The standard InChI is InChI=1S/C26H20N8O/c35-26-21-14-18(16-4-6-17(7-5-16)24-29-31-32-30-24)8-9-19(21)15-34(26)23-3-1-2-22(28-23)25-27-12-13-33(25)20-10-11-20/h1-9,12-14,20H,10-11,15H2,(H,29,30,31,32). The van der Waals surface area contributed by atoms with Crippen LogP contribution in [0, 0.1) is 0 Å². The third-order valence-electron chi connectivity index (χ3n) is 6.58. The van der Waals surface area contributed by atoms with E-state index >= 15 is 0 Å². The van der Waals surface area contributed by atoms with Crippen LogP contribution in [-0.2, 0) is 6.54 Å². The first-order valence-electron chi connectivity index (χ1n) is 11.5. The lowest BCUT2D eigenvalue weighted by Crippen LogP contribution is -2.24. The molecule has 1 N–H and O–H groups in total. The first-order chi connectivity index (χ1) is 17.2. The topological polar surface area (TPSA) is 105 Å². The molecule has 2 aliphatic rings. The van der Waals surface area contributed by atoms with Crippen molar-refractivity contribution in [1.29, 1.82) is 0 Å². The van der Waals surface area contributed by atoms with Crippen LogP contribution in [0.2, 0.25) is 0 Å². The van der Waals surface area contributed by atoms with Crippen LogP contribution in [0.25, 0.3) is 34.0 Å². The van der Waals surface area contributed by atoms with Gasteiger partial charge in [-0.25, -0.2) is 9.97 Å². The molecule has 7 rings (SSSR count). The summed E-state index contributed by atoms with van der Waals surface area (Å²) in [5.74, 6) is 2.00. The van der Waals surface area contributed by atoms with Crippen LogP contribution in [0.5, 0.6) is 0 Å². The molecule has 1 aliphatic carbocycles. The Morgan fingerprint density at radius 1 is 0.943 bits per heavy atom. The third-order valence-corrected chi connectivity index (χ3v) is 6.58. The van der Waals surface area contributed by atoms with Gasteiger partial charge in [0.1, 0.15) is 11.5 Å². The predicted molar refractivity (Wildman–Crippen MR) is 129 cm³/mol. The van der Waals surface area contributed by atoms with Crippen LogP contribution in [0.1, 0.15) is 34.8 Å². The molecule has 0 saturated heterocycles. The van der Waals surface area contributed by atoms with Gasteiger partial charge < -0.3 is 4.57 Å². The Hall–Kier alpha value is -4.66. The largest absolute Gasteiger partial charge is 0.327 e. The molecule has 0 atom stereocenters. The summed E-state index contributed by atoms with van der Waals surface area (Å²) in [6.07, 6.45) is 6.17. The molecule has 1 aliphatic heterocycles. The number of H-pyrrole nitrogens is 1. The second kappa shape index (κ2) is 7.69. The molecular weight excluding hydrogens is 440 g/mol. The lowest BCUT2D eigenvalue weighted by Gasteiger charge is -2.15. The number of hydrogen-bond donors (Lipinski definition) is 1. The number of tetrazole rings is 1. The van der Waals surface area contributed by atoms with Gasteiger partial charge in [-0.05, 0) is 52.9 Å². The van der Waals surface area contributed by atoms with Gasteiger partial charge in [0, 0.05) is 29.6 Å². The molecule has 9 heteroatoms. The van der Waals surface area contributed by atoms with E-state index in [1.165, 1.54) is 12.8 Å². The molecule has 0 spiro atoms. The summed E-state index contributed by atoms with van der Waals surface area (Å²) in [5, 5.41) is 14.1. The number of nitrogens with one attached hydrogen (secondary N) is 1. The number of fused-ring (bicyclic) bond motifs is 1. The highest BCUT2D eigenvalue weighted by atomic mass is 16.2. The normalized spacial score (nSPS) is 15.0. The summed E-state index contributed by atoms with van der Waals surface area (Å²) >= 11 is 0. The van der Waals surface area contributed by atoms with Crippen molar-refractivity contribution in [3.05, 3.63) is 84.2 Å². The Morgan fingerprint density at radius 2 is 1.77 bits per heavy atom. The number of carbonyl (C=O) groups excluding carboxylic acids is 1. The zero-order chi connectivity index (χ0) is 23.4. The van der Waals surface area contributed by atoms with E-state index in [1.807, 2.05) is 67.0 Å². The number of carbonyl (C=O) groups is 1. The average molecular weight is 461 g/mol. The van der Waals surface area contributed by atoms with Gasteiger partial charge in [0.25, 0.3) is 5.91 Å². The van der Waals surface area contributed by atoms with Crippen LogP contribution in [0.4, 0.5) is 5.82 Å². The van der Waals surface area contributed by atoms with E-state index in [1.54, 1.807) is 4.90 Å². The Morgan fingerprint density at radius 3 is 2.57 bits per heavy atom. The molecule has 4 heterocycles. The second-order valence-electron chi connectivity index (χ2n) is 8.85. The molecule has 35 heavy (non-hydrogen) atoms. The Bertz CT molecular complexity index is 1550. The zero-order valence-electron chi connectivity index (χ0n) is 18.7. The van der Waals surface area contributed by atoms with Crippen LogP contribution >= 0.6 is 0 Å². The Labute approximate surface area is 200 Å². The molecule has 3 aromatic heterocycles. The van der Waals surface area contributed by atoms with Gasteiger partial charge in [0.2, 0.25) is 5.82 Å². The second-order valence-corrected chi connectivity index (χ2v) is 8.85. The predicted octanol–water partition coefficient (Wildman–Crippen LogP) is 4.29. The summed E-state index contributed by atoms with van der Waals surface area (Å²) in [6, 6.07) is 20.2. The summed E-state index contributed by atoms with van der Waals surface area (Å²) in [7, 11) is 0. The van der Waals surface area contributed by atoms with Crippen molar-refractivity contribution in [2.24, 2.45) is 0 Å². The smallest absolute Gasteiger partial charge is 0.260 e. The van der Waals surface area contributed by atoms with E-state index in [9.17, 15) is 4.79 Å². The van der Waals surface area contributed by atoms with Crippen molar-refractivity contribution >= 4 is 11.7 Å². The maximum Gasteiger partial charge on any atom is 0.260 e. The molecule has 9 nitrogen and oxygen atoms in total. The fraction of sp³-hybridized carbons (Fsp3) is 0.154. The first-order valence-corrected chi connectivity index (χ1v) is 11.5. The molecular formula is C26H20N8O. The minimum atomic E-state index is -0.0412. The third kappa shape index (κ3) is 3.40. The van der Waals surface area contributed by atoms with Gasteiger partial charge in [-0.3, -0.25) is 9.69 Å². The lowest BCUT2D eigenvalue weighted by atomic mass is 9.99. The van der Waals surface area contributed by atoms with E-state index in [-0.39, 0.29) is 5.91 Å². The van der Waals surface area contributed by atoms with Crippen LogP contribution in [0.15, 0.2) is 73.1 Å². The molecule has 1 amide bonds. The summed E-state index contributed by atoms with van der Waals surface area (Å²) in [6.45, 7) is 0.499. The number of rotatable bonds is 5. The number of aromatic nitrogens is 7. The van der Waals surface area contributed by atoms with Crippen molar-refractivity contribution in [1.82, 2.24) is 35.2 Å². The maximum atomic E-state index is 13.4. The van der Waals surface area contributed by atoms with Crippen molar-refractivity contribution in [3.63, 3.8) is 0 Å². The van der Waals surface area contributed by atoms with Gasteiger partial charge in [-0.2, -0.15) is 5.21 Å². The number of anilines is 1. The van der Waals surface area contributed by atoms with Crippen molar-refractivity contribution in [3.8, 4) is 34.0 Å². The number of nitrogens with zero attached hydrogens (tertiary/aromatic N) is 7. The van der Waals surface area contributed by atoms with Crippen LogP contribution < -0.4 is 4.90 Å². The average Bonchev–Trinajstić information content (AvgIpc) is 3.28. The van der Waals surface area contributed by atoms with Gasteiger partial charge in [-0.1, -0.05) is 42.5 Å². The first kappa shape index (κ1) is 19.8. The minimum absolute atomic E-state index is 0.0412. The maximum absolute atomic E-state index is 13.4. The molecule has 2 aromatic carbocycles. The molecule has 0 unspecified atom stereocenters. The fourth-order valence-corrected chi connectivity index (χ4v) is 4.62. The van der Waals surface area contributed by atoms with E-state index in [0.29, 0.717) is 29.8 Å². The number of hydrogen-bond acceptors (Lipinski definition) is 6. The number of amides is 1. The van der Waals surface area contributed by atoms with Gasteiger partial charge >= 0.3 is 0 Å². The highest BCUT2D eigenvalue weighted by Crippen LogP contribution is 2.38. The minimum Gasteiger partial charge on any atom is -0.327 e. The van der Waals surface area contributed by atoms with Crippen molar-refractivity contribution in [2.45, 2.75) is 25.4 Å². The molecule has 5 aromatic rings. The number of aromatic amines is 1. The zero-order valence-corrected chi connectivity index (χ0v) is 18.7. The van der Waals surface area contributed by atoms with E-state index in [0.717, 1.165) is 33.8 Å². The van der Waals surface area contributed by atoms with Crippen molar-refractivity contribution < 1.29 is 4.79 Å². The Balaban J connectivity index is 1.17. The molecule has 0 bridgehead atoms. The molecule has 1 saturated carbocycles. The van der Waals surface area contributed by atoms with Gasteiger partial charge in [-0.15, -0.1) is 10.2 Å². The van der Waals surface area contributed by atoms with E-state index in [4.69, 9.17) is 4.98 Å². The number of benzene rings is 2. The number of pyridine rings is 1.